The third kappa shape index (κ3) is 1.81. The van der Waals surface area contributed by atoms with Crippen LogP contribution in [0.5, 0.6) is 0 Å². The first-order chi connectivity index (χ1) is 6.81. The molecule has 0 aliphatic carbocycles. The average Bonchev–Trinajstić information content (AvgIpc) is 2.67. The summed E-state index contributed by atoms with van der Waals surface area (Å²) in [4.78, 5) is 10.2. The molecule has 1 saturated heterocycles. The van der Waals surface area contributed by atoms with Gasteiger partial charge >= 0.3 is 0 Å². The SMILES string of the molecule is NCC1CCN(c2ncncc2Cl)C1. The van der Waals surface area contributed by atoms with Gasteiger partial charge in [0.1, 0.15) is 11.3 Å². The van der Waals surface area contributed by atoms with Gasteiger partial charge in [0.2, 0.25) is 0 Å². The van der Waals surface area contributed by atoms with Crippen molar-refractivity contribution in [2.75, 3.05) is 24.5 Å². The van der Waals surface area contributed by atoms with Crippen LogP contribution >= 0.6 is 11.6 Å². The van der Waals surface area contributed by atoms with E-state index in [1.165, 1.54) is 6.33 Å². The van der Waals surface area contributed by atoms with E-state index in [-0.39, 0.29) is 0 Å². The van der Waals surface area contributed by atoms with E-state index in [2.05, 4.69) is 14.9 Å². The lowest BCUT2D eigenvalue weighted by molar-refractivity contribution is 0.602. The van der Waals surface area contributed by atoms with Crippen LogP contribution < -0.4 is 10.6 Å². The van der Waals surface area contributed by atoms with Crippen LogP contribution in [0.25, 0.3) is 0 Å². The van der Waals surface area contributed by atoms with E-state index in [4.69, 9.17) is 17.3 Å². The molecule has 1 aliphatic rings. The van der Waals surface area contributed by atoms with Gasteiger partial charge in [-0.1, -0.05) is 11.6 Å². The Labute approximate surface area is 88.1 Å². The van der Waals surface area contributed by atoms with Gasteiger partial charge in [-0.3, -0.25) is 0 Å². The highest BCUT2D eigenvalue weighted by molar-refractivity contribution is 6.32. The molecule has 14 heavy (non-hydrogen) atoms. The van der Waals surface area contributed by atoms with Gasteiger partial charge in [0, 0.05) is 13.1 Å². The smallest absolute Gasteiger partial charge is 0.150 e. The fraction of sp³-hybridized carbons (Fsp3) is 0.556. The molecule has 2 rings (SSSR count). The number of nitrogens with zero attached hydrogens (tertiary/aromatic N) is 3. The maximum absolute atomic E-state index is 6.00. The number of aromatic nitrogens is 2. The van der Waals surface area contributed by atoms with Crippen molar-refractivity contribution in [1.82, 2.24) is 9.97 Å². The second-order valence-corrected chi connectivity index (χ2v) is 3.94. The van der Waals surface area contributed by atoms with Crippen molar-refractivity contribution in [1.29, 1.82) is 0 Å². The highest BCUT2D eigenvalue weighted by atomic mass is 35.5. The summed E-state index contributed by atoms with van der Waals surface area (Å²) in [6.45, 7) is 2.67. The topological polar surface area (TPSA) is 55.0 Å². The van der Waals surface area contributed by atoms with Crippen molar-refractivity contribution in [3.8, 4) is 0 Å². The van der Waals surface area contributed by atoms with Crippen molar-refractivity contribution in [2.45, 2.75) is 6.42 Å². The highest BCUT2D eigenvalue weighted by Crippen LogP contribution is 2.26. The lowest BCUT2D eigenvalue weighted by atomic mass is 10.1. The molecule has 1 aliphatic heterocycles. The zero-order valence-corrected chi connectivity index (χ0v) is 8.61. The van der Waals surface area contributed by atoms with Crippen LogP contribution in [0.4, 0.5) is 5.82 Å². The van der Waals surface area contributed by atoms with Crippen LogP contribution in [0.1, 0.15) is 6.42 Å². The number of hydrogen-bond acceptors (Lipinski definition) is 4. The molecule has 1 aromatic rings. The normalized spacial score (nSPS) is 21.6. The van der Waals surface area contributed by atoms with E-state index in [1.54, 1.807) is 6.20 Å². The standard InChI is InChI=1S/C9H13ClN4/c10-8-4-12-6-13-9(8)14-2-1-7(3-11)5-14/h4,6-7H,1-3,5,11H2. The summed E-state index contributed by atoms with van der Waals surface area (Å²) in [5.41, 5.74) is 5.62. The molecular formula is C9H13ClN4. The molecule has 0 radical (unpaired) electrons. The van der Waals surface area contributed by atoms with Crippen LogP contribution in [-0.4, -0.2) is 29.6 Å². The lowest BCUT2D eigenvalue weighted by Gasteiger charge is -2.17. The van der Waals surface area contributed by atoms with Crippen molar-refractivity contribution in [2.24, 2.45) is 11.7 Å². The molecule has 4 nitrogen and oxygen atoms in total. The first kappa shape index (κ1) is 9.68. The fourth-order valence-electron chi connectivity index (χ4n) is 1.76. The Balaban J connectivity index is 2.13. The van der Waals surface area contributed by atoms with Gasteiger partial charge in [-0.2, -0.15) is 0 Å². The second kappa shape index (κ2) is 4.11. The van der Waals surface area contributed by atoms with Crippen molar-refractivity contribution in [3.05, 3.63) is 17.5 Å². The monoisotopic (exact) mass is 212 g/mol. The van der Waals surface area contributed by atoms with Crippen molar-refractivity contribution >= 4 is 17.4 Å². The van der Waals surface area contributed by atoms with E-state index in [9.17, 15) is 0 Å². The summed E-state index contributed by atoms with van der Waals surface area (Å²) < 4.78 is 0. The third-order valence-corrected chi connectivity index (χ3v) is 2.83. The molecule has 1 fully saturated rings. The first-order valence-electron chi connectivity index (χ1n) is 4.71. The third-order valence-electron chi connectivity index (χ3n) is 2.57. The van der Waals surface area contributed by atoms with Crippen molar-refractivity contribution in [3.63, 3.8) is 0 Å². The molecule has 2 heterocycles. The molecule has 1 unspecified atom stereocenters. The maximum atomic E-state index is 6.00. The molecule has 0 amide bonds. The summed E-state index contributed by atoms with van der Waals surface area (Å²) in [6.07, 6.45) is 4.27. The minimum Gasteiger partial charge on any atom is -0.355 e. The molecule has 0 aromatic carbocycles. The quantitative estimate of drug-likeness (QED) is 0.792. The summed E-state index contributed by atoms with van der Waals surface area (Å²) in [5.74, 6) is 1.40. The fourth-order valence-corrected chi connectivity index (χ4v) is 1.98. The zero-order chi connectivity index (χ0) is 9.97. The Bertz CT molecular complexity index is 317. The predicted octanol–water partition coefficient (Wildman–Crippen LogP) is 0.915. The summed E-state index contributed by atoms with van der Waals surface area (Å²) in [6, 6.07) is 0. The molecule has 1 atom stereocenters. The molecule has 0 spiro atoms. The van der Waals surface area contributed by atoms with Gasteiger partial charge in [0.05, 0.1) is 6.20 Å². The van der Waals surface area contributed by atoms with E-state index < -0.39 is 0 Å². The first-order valence-corrected chi connectivity index (χ1v) is 5.09. The zero-order valence-electron chi connectivity index (χ0n) is 7.86. The molecule has 1 aromatic heterocycles. The molecule has 2 N–H and O–H groups in total. The van der Waals surface area contributed by atoms with E-state index in [0.29, 0.717) is 10.9 Å². The van der Waals surface area contributed by atoms with Gasteiger partial charge in [0.15, 0.2) is 5.82 Å². The van der Waals surface area contributed by atoms with Gasteiger partial charge in [-0.05, 0) is 18.9 Å². The Kier molecular flexibility index (Phi) is 2.84. The van der Waals surface area contributed by atoms with Crippen LogP contribution in [0.15, 0.2) is 12.5 Å². The largest absolute Gasteiger partial charge is 0.355 e. The van der Waals surface area contributed by atoms with Gasteiger partial charge < -0.3 is 10.6 Å². The van der Waals surface area contributed by atoms with E-state index in [1.807, 2.05) is 0 Å². The Morgan fingerprint density at radius 1 is 1.64 bits per heavy atom. The molecule has 76 valence electrons. The number of halogens is 1. The van der Waals surface area contributed by atoms with Gasteiger partial charge in [0.25, 0.3) is 0 Å². The van der Waals surface area contributed by atoms with Crippen LogP contribution in [0.3, 0.4) is 0 Å². The van der Waals surface area contributed by atoms with Crippen LogP contribution in [0, 0.1) is 5.92 Å². The highest BCUT2D eigenvalue weighted by Gasteiger charge is 2.23. The Hall–Kier alpha value is -0.870. The molecular weight excluding hydrogens is 200 g/mol. The number of nitrogens with two attached hydrogens (primary N) is 1. The molecule has 0 bridgehead atoms. The van der Waals surface area contributed by atoms with E-state index in [0.717, 1.165) is 31.9 Å². The minimum absolute atomic E-state index is 0.570. The summed E-state index contributed by atoms with van der Waals surface area (Å²) >= 11 is 6.00. The summed E-state index contributed by atoms with van der Waals surface area (Å²) in [5, 5.41) is 0.616. The van der Waals surface area contributed by atoms with Crippen LogP contribution in [0.2, 0.25) is 5.02 Å². The number of anilines is 1. The number of hydrogen-bond donors (Lipinski definition) is 1. The Morgan fingerprint density at radius 3 is 3.14 bits per heavy atom. The molecule has 5 heteroatoms. The Morgan fingerprint density at radius 2 is 2.50 bits per heavy atom. The predicted molar refractivity (Wildman–Crippen MR) is 56.4 cm³/mol. The number of rotatable bonds is 2. The lowest BCUT2D eigenvalue weighted by Crippen LogP contribution is -2.23. The van der Waals surface area contributed by atoms with Crippen molar-refractivity contribution < 1.29 is 0 Å². The maximum Gasteiger partial charge on any atom is 0.150 e. The molecule has 0 saturated carbocycles. The summed E-state index contributed by atoms with van der Waals surface area (Å²) in [7, 11) is 0. The van der Waals surface area contributed by atoms with Gasteiger partial charge in [-0.25, -0.2) is 9.97 Å². The minimum atomic E-state index is 0.570. The average molecular weight is 213 g/mol. The van der Waals surface area contributed by atoms with Crippen LogP contribution in [-0.2, 0) is 0 Å². The second-order valence-electron chi connectivity index (χ2n) is 3.53. The van der Waals surface area contributed by atoms with E-state index >= 15 is 0 Å². The van der Waals surface area contributed by atoms with Gasteiger partial charge in [-0.15, -0.1) is 0 Å².